The van der Waals surface area contributed by atoms with E-state index in [1.54, 1.807) is 30.5 Å². The number of aryl methyl sites for hydroxylation is 1. The third-order valence-electron chi connectivity index (χ3n) is 5.01. The first-order valence-corrected chi connectivity index (χ1v) is 10.8. The largest absolute Gasteiger partial charge is 0.467 e. The Labute approximate surface area is 188 Å². The quantitative estimate of drug-likeness (QED) is 0.419. The van der Waals surface area contributed by atoms with Gasteiger partial charge in [-0.05, 0) is 73.1 Å². The summed E-state index contributed by atoms with van der Waals surface area (Å²) in [7, 11) is 0. The number of aromatic nitrogens is 1. The first-order chi connectivity index (χ1) is 14.3. The molecular formula is C22H18Cl2N2O3S. The van der Waals surface area contributed by atoms with Crippen molar-refractivity contribution < 1.29 is 14.0 Å². The molecule has 0 unspecified atom stereocenters. The van der Waals surface area contributed by atoms with E-state index in [0.29, 0.717) is 27.1 Å². The number of imide groups is 1. The highest BCUT2D eigenvalue weighted by atomic mass is 35.5. The number of benzene rings is 1. The van der Waals surface area contributed by atoms with E-state index in [1.165, 1.54) is 4.90 Å². The maximum atomic E-state index is 12.9. The Morgan fingerprint density at radius 3 is 2.60 bits per heavy atom. The fourth-order valence-corrected chi connectivity index (χ4v) is 4.67. The molecule has 30 heavy (non-hydrogen) atoms. The Bertz CT molecular complexity index is 1170. The lowest BCUT2D eigenvalue weighted by Gasteiger charge is -2.13. The Kier molecular flexibility index (Phi) is 5.82. The third kappa shape index (κ3) is 4.08. The van der Waals surface area contributed by atoms with Crippen LogP contribution in [-0.4, -0.2) is 20.6 Å². The van der Waals surface area contributed by atoms with Gasteiger partial charge in [-0.3, -0.25) is 14.5 Å². The molecule has 1 fully saturated rings. The number of carbonyl (C=O) groups is 2. The molecule has 8 heteroatoms. The van der Waals surface area contributed by atoms with Gasteiger partial charge in [0.05, 0.1) is 24.3 Å². The van der Waals surface area contributed by atoms with E-state index < -0.39 is 0 Å². The first-order valence-electron chi connectivity index (χ1n) is 9.22. The van der Waals surface area contributed by atoms with Crippen molar-refractivity contribution in [3.8, 4) is 0 Å². The van der Waals surface area contributed by atoms with Crippen LogP contribution in [-0.2, 0) is 17.9 Å². The van der Waals surface area contributed by atoms with Crippen molar-refractivity contribution in [2.75, 3.05) is 0 Å². The summed E-state index contributed by atoms with van der Waals surface area (Å²) in [4.78, 5) is 27.0. The van der Waals surface area contributed by atoms with Crippen LogP contribution in [0.2, 0.25) is 10.0 Å². The van der Waals surface area contributed by atoms with Crippen LogP contribution >= 0.6 is 35.0 Å². The molecule has 0 spiro atoms. The van der Waals surface area contributed by atoms with Gasteiger partial charge < -0.3 is 8.98 Å². The number of thioether (sulfide) groups is 1. The Hall–Kier alpha value is -2.41. The molecular weight excluding hydrogens is 443 g/mol. The number of carbonyl (C=O) groups excluding carboxylic acids is 2. The van der Waals surface area contributed by atoms with Gasteiger partial charge >= 0.3 is 0 Å². The van der Waals surface area contributed by atoms with Crippen molar-refractivity contribution in [3.05, 3.63) is 85.9 Å². The predicted molar refractivity (Wildman–Crippen MR) is 120 cm³/mol. The minimum atomic E-state index is -0.327. The molecule has 0 bridgehead atoms. The number of amides is 2. The first kappa shape index (κ1) is 20.8. The SMILES string of the molecule is Cc1cc(/C=C2\SC(=O)N(Cc3ccc(Cl)cc3Cl)C2=O)c(C)n1Cc1ccco1. The molecule has 1 aliphatic rings. The van der Waals surface area contributed by atoms with Crippen LogP contribution in [0.5, 0.6) is 0 Å². The molecule has 154 valence electrons. The monoisotopic (exact) mass is 460 g/mol. The van der Waals surface area contributed by atoms with Crippen molar-refractivity contribution in [2.24, 2.45) is 0 Å². The summed E-state index contributed by atoms with van der Waals surface area (Å²) >= 11 is 13.1. The van der Waals surface area contributed by atoms with Crippen LogP contribution in [0.1, 0.15) is 28.3 Å². The number of furan rings is 1. The second-order valence-electron chi connectivity index (χ2n) is 7.00. The highest BCUT2D eigenvalue weighted by molar-refractivity contribution is 8.18. The molecule has 3 heterocycles. The molecule has 3 aromatic rings. The fourth-order valence-electron chi connectivity index (χ4n) is 3.37. The van der Waals surface area contributed by atoms with Gasteiger partial charge in [0, 0.05) is 21.4 Å². The molecule has 2 aromatic heterocycles. The Morgan fingerprint density at radius 2 is 1.90 bits per heavy atom. The van der Waals surface area contributed by atoms with Crippen molar-refractivity contribution in [3.63, 3.8) is 0 Å². The summed E-state index contributed by atoms with van der Waals surface area (Å²) < 4.78 is 7.56. The molecule has 2 amide bonds. The highest BCUT2D eigenvalue weighted by Gasteiger charge is 2.35. The number of nitrogens with zero attached hydrogens (tertiary/aromatic N) is 2. The molecule has 0 saturated carbocycles. The van der Waals surface area contributed by atoms with Gasteiger partial charge in [0.25, 0.3) is 11.1 Å². The van der Waals surface area contributed by atoms with E-state index in [-0.39, 0.29) is 17.7 Å². The average molecular weight is 461 g/mol. The number of rotatable bonds is 5. The number of hydrogen-bond donors (Lipinski definition) is 0. The zero-order valence-electron chi connectivity index (χ0n) is 16.3. The van der Waals surface area contributed by atoms with Crippen molar-refractivity contribution >= 4 is 52.2 Å². The predicted octanol–water partition coefficient (Wildman–Crippen LogP) is 6.29. The van der Waals surface area contributed by atoms with Gasteiger partial charge in [0.2, 0.25) is 0 Å². The summed E-state index contributed by atoms with van der Waals surface area (Å²) in [6.45, 7) is 4.70. The molecule has 0 radical (unpaired) electrons. The maximum absolute atomic E-state index is 12.9. The van der Waals surface area contributed by atoms with Crippen LogP contribution in [0.4, 0.5) is 4.79 Å². The standard InChI is InChI=1S/C22H18Cl2N2O3S/c1-13-8-16(14(2)25(13)12-18-4-3-7-29-18)9-20-21(27)26(22(28)30-20)11-15-5-6-17(23)10-19(15)24/h3-10H,11-12H2,1-2H3/b20-9-. The second kappa shape index (κ2) is 8.38. The van der Waals surface area contributed by atoms with Crippen LogP contribution in [0.25, 0.3) is 6.08 Å². The minimum absolute atomic E-state index is 0.107. The van der Waals surface area contributed by atoms with Crippen molar-refractivity contribution in [1.29, 1.82) is 0 Å². The van der Waals surface area contributed by atoms with Crippen LogP contribution in [0, 0.1) is 13.8 Å². The Balaban J connectivity index is 1.58. The molecule has 1 aliphatic heterocycles. The van der Waals surface area contributed by atoms with Gasteiger partial charge in [-0.15, -0.1) is 0 Å². The fraction of sp³-hybridized carbons (Fsp3) is 0.182. The van der Waals surface area contributed by atoms with E-state index in [1.807, 2.05) is 32.0 Å². The molecule has 5 nitrogen and oxygen atoms in total. The third-order valence-corrected chi connectivity index (χ3v) is 6.50. The highest BCUT2D eigenvalue weighted by Crippen LogP contribution is 2.35. The van der Waals surface area contributed by atoms with Gasteiger partial charge in [0.1, 0.15) is 5.76 Å². The molecule has 1 aromatic carbocycles. The summed E-state index contributed by atoms with van der Waals surface area (Å²) in [6.07, 6.45) is 3.42. The average Bonchev–Trinajstić information content (AvgIpc) is 3.36. The molecule has 0 N–H and O–H groups in total. The van der Waals surface area contributed by atoms with Crippen LogP contribution in [0.15, 0.2) is 52.0 Å². The smallest absolute Gasteiger partial charge is 0.293 e. The van der Waals surface area contributed by atoms with Crippen LogP contribution < -0.4 is 0 Å². The minimum Gasteiger partial charge on any atom is -0.467 e. The normalized spacial score (nSPS) is 15.6. The molecule has 0 atom stereocenters. The van der Waals surface area contributed by atoms with E-state index in [2.05, 4.69) is 4.57 Å². The molecule has 4 rings (SSSR count). The Morgan fingerprint density at radius 1 is 1.10 bits per heavy atom. The summed E-state index contributed by atoms with van der Waals surface area (Å²) in [5.41, 5.74) is 3.61. The lowest BCUT2D eigenvalue weighted by molar-refractivity contribution is -0.123. The molecule has 1 saturated heterocycles. The van der Waals surface area contributed by atoms with Crippen LogP contribution in [0.3, 0.4) is 0 Å². The van der Waals surface area contributed by atoms with Crippen molar-refractivity contribution in [1.82, 2.24) is 9.47 Å². The summed E-state index contributed by atoms with van der Waals surface area (Å²) in [6, 6.07) is 10.8. The maximum Gasteiger partial charge on any atom is 0.293 e. The van der Waals surface area contributed by atoms with E-state index in [0.717, 1.165) is 34.5 Å². The van der Waals surface area contributed by atoms with Crippen molar-refractivity contribution in [2.45, 2.75) is 26.9 Å². The molecule has 0 aliphatic carbocycles. The summed E-state index contributed by atoms with van der Waals surface area (Å²) in [5, 5.41) is 0.608. The van der Waals surface area contributed by atoms with E-state index >= 15 is 0 Å². The second-order valence-corrected chi connectivity index (χ2v) is 8.83. The number of hydrogen-bond acceptors (Lipinski definition) is 4. The summed E-state index contributed by atoms with van der Waals surface area (Å²) in [5.74, 6) is 0.523. The van der Waals surface area contributed by atoms with E-state index in [4.69, 9.17) is 27.6 Å². The topological polar surface area (TPSA) is 55.5 Å². The van der Waals surface area contributed by atoms with Gasteiger partial charge in [-0.1, -0.05) is 29.3 Å². The number of halogens is 2. The lowest BCUT2D eigenvalue weighted by Crippen LogP contribution is -2.27. The van der Waals surface area contributed by atoms with Gasteiger partial charge in [-0.2, -0.15) is 0 Å². The van der Waals surface area contributed by atoms with Gasteiger partial charge in [0.15, 0.2) is 0 Å². The van der Waals surface area contributed by atoms with Gasteiger partial charge in [-0.25, -0.2) is 0 Å². The van der Waals surface area contributed by atoms with E-state index in [9.17, 15) is 9.59 Å². The lowest BCUT2D eigenvalue weighted by atomic mass is 10.2. The zero-order chi connectivity index (χ0) is 21.4. The zero-order valence-corrected chi connectivity index (χ0v) is 18.6.